The van der Waals surface area contributed by atoms with Gasteiger partial charge >= 0.3 is 0 Å². The molecule has 0 aromatic heterocycles. The van der Waals surface area contributed by atoms with Crippen molar-refractivity contribution in [1.82, 2.24) is 0 Å². The predicted octanol–water partition coefficient (Wildman–Crippen LogP) is 3.74. The number of anilines is 1. The van der Waals surface area contributed by atoms with E-state index in [4.69, 9.17) is 9.47 Å². The smallest absolute Gasteiger partial charge is 0.255 e. The summed E-state index contributed by atoms with van der Waals surface area (Å²) in [5.74, 6) is 1.19. The molecule has 1 heterocycles. The largest absolute Gasteiger partial charge is 0.454 e. The average molecular weight is 334 g/mol. The summed E-state index contributed by atoms with van der Waals surface area (Å²) in [7, 11) is 0. The average Bonchev–Trinajstić information content (AvgIpc) is 2.89. The highest BCUT2D eigenvalue weighted by Gasteiger charge is 2.15. The molecule has 2 aromatic rings. The van der Waals surface area contributed by atoms with Crippen LogP contribution in [0.1, 0.15) is 15.9 Å². The first-order chi connectivity index (χ1) is 9.65. The van der Waals surface area contributed by atoms with Crippen LogP contribution in [0, 0.1) is 6.92 Å². The third kappa shape index (κ3) is 2.36. The molecule has 1 aliphatic heterocycles. The zero-order valence-electron chi connectivity index (χ0n) is 10.8. The van der Waals surface area contributed by atoms with Crippen molar-refractivity contribution in [3.63, 3.8) is 0 Å². The fourth-order valence-electron chi connectivity index (χ4n) is 2.03. The van der Waals surface area contributed by atoms with Gasteiger partial charge in [-0.2, -0.15) is 0 Å². The van der Waals surface area contributed by atoms with Crippen LogP contribution in [0.2, 0.25) is 0 Å². The molecule has 1 aliphatic rings. The third-order valence-corrected chi connectivity index (χ3v) is 4.00. The van der Waals surface area contributed by atoms with E-state index in [-0.39, 0.29) is 12.7 Å². The summed E-state index contributed by atoms with van der Waals surface area (Å²) < 4.78 is 11.4. The van der Waals surface area contributed by atoms with E-state index in [9.17, 15) is 4.79 Å². The van der Waals surface area contributed by atoms with Crippen molar-refractivity contribution in [3.8, 4) is 11.5 Å². The van der Waals surface area contributed by atoms with Crippen molar-refractivity contribution in [2.45, 2.75) is 6.92 Å². The van der Waals surface area contributed by atoms with Gasteiger partial charge < -0.3 is 14.8 Å². The second kappa shape index (κ2) is 5.17. The van der Waals surface area contributed by atoms with E-state index < -0.39 is 0 Å². The van der Waals surface area contributed by atoms with Gasteiger partial charge in [-0.1, -0.05) is 22.0 Å². The van der Waals surface area contributed by atoms with Crippen molar-refractivity contribution in [2.75, 3.05) is 12.1 Å². The number of benzene rings is 2. The van der Waals surface area contributed by atoms with Crippen molar-refractivity contribution < 1.29 is 14.3 Å². The molecule has 0 spiro atoms. The number of rotatable bonds is 2. The Hall–Kier alpha value is -2.01. The molecule has 0 bridgehead atoms. The van der Waals surface area contributed by atoms with Crippen molar-refractivity contribution in [1.29, 1.82) is 0 Å². The van der Waals surface area contributed by atoms with Crippen LogP contribution < -0.4 is 14.8 Å². The molecule has 0 aliphatic carbocycles. The number of hydrogen-bond acceptors (Lipinski definition) is 3. The topological polar surface area (TPSA) is 47.6 Å². The van der Waals surface area contributed by atoms with E-state index in [0.717, 1.165) is 10.0 Å². The lowest BCUT2D eigenvalue weighted by atomic mass is 10.1. The van der Waals surface area contributed by atoms with Crippen LogP contribution in [0.15, 0.2) is 40.9 Å². The van der Waals surface area contributed by atoms with Crippen molar-refractivity contribution in [3.05, 3.63) is 52.0 Å². The summed E-state index contributed by atoms with van der Waals surface area (Å²) in [5.41, 5.74) is 2.22. The van der Waals surface area contributed by atoms with Gasteiger partial charge in [0.1, 0.15) is 0 Å². The first kappa shape index (κ1) is 13.0. The SMILES string of the molecule is Cc1c(Br)cccc1C(=O)Nc1ccc2c(c1)OCO2. The molecular weight excluding hydrogens is 322 g/mol. The van der Waals surface area contributed by atoms with Gasteiger partial charge in [0.05, 0.1) is 0 Å². The summed E-state index contributed by atoms with van der Waals surface area (Å²) in [4.78, 5) is 12.3. The minimum atomic E-state index is -0.150. The first-order valence-corrected chi connectivity index (χ1v) is 6.90. The number of halogens is 1. The Morgan fingerprint density at radius 2 is 2.00 bits per heavy atom. The highest BCUT2D eigenvalue weighted by atomic mass is 79.9. The molecule has 4 nitrogen and oxygen atoms in total. The second-order valence-electron chi connectivity index (χ2n) is 4.43. The molecule has 1 amide bonds. The number of carbonyl (C=O) groups is 1. The van der Waals surface area contributed by atoms with E-state index in [2.05, 4.69) is 21.2 Å². The van der Waals surface area contributed by atoms with Crippen LogP contribution in [-0.4, -0.2) is 12.7 Å². The monoisotopic (exact) mass is 333 g/mol. The van der Waals surface area contributed by atoms with Crippen LogP contribution >= 0.6 is 15.9 Å². The van der Waals surface area contributed by atoms with Crippen LogP contribution in [0.25, 0.3) is 0 Å². The van der Waals surface area contributed by atoms with E-state index in [1.54, 1.807) is 24.3 Å². The van der Waals surface area contributed by atoms with Crippen LogP contribution in [0.4, 0.5) is 5.69 Å². The number of amides is 1. The predicted molar refractivity (Wildman–Crippen MR) is 79.4 cm³/mol. The lowest BCUT2D eigenvalue weighted by Crippen LogP contribution is -2.13. The Morgan fingerprint density at radius 1 is 1.20 bits per heavy atom. The normalized spacial score (nSPS) is 12.3. The molecule has 0 radical (unpaired) electrons. The zero-order chi connectivity index (χ0) is 14.1. The highest BCUT2D eigenvalue weighted by molar-refractivity contribution is 9.10. The maximum absolute atomic E-state index is 12.3. The second-order valence-corrected chi connectivity index (χ2v) is 5.29. The van der Waals surface area contributed by atoms with E-state index in [0.29, 0.717) is 22.7 Å². The molecule has 0 atom stereocenters. The summed E-state index contributed by atoms with van der Waals surface area (Å²) in [6.07, 6.45) is 0. The third-order valence-electron chi connectivity index (χ3n) is 3.14. The lowest BCUT2D eigenvalue weighted by Gasteiger charge is -2.09. The zero-order valence-corrected chi connectivity index (χ0v) is 12.4. The van der Waals surface area contributed by atoms with E-state index in [1.165, 1.54) is 0 Å². The van der Waals surface area contributed by atoms with Gasteiger partial charge in [0.2, 0.25) is 6.79 Å². The molecule has 5 heteroatoms. The Kier molecular flexibility index (Phi) is 3.36. The number of ether oxygens (including phenoxy) is 2. The van der Waals surface area contributed by atoms with Gasteiger partial charge in [0.25, 0.3) is 5.91 Å². The van der Waals surface area contributed by atoms with Gasteiger partial charge in [0, 0.05) is 21.8 Å². The fourth-order valence-corrected chi connectivity index (χ4v) is 2.39. The maximum atomic E-state index is 12.3. The molecule has 20 heavy (non-hydrogen) atoms. The Labute approximate surface area is 124 Å². The van der Waals surface area contributed by atoms with Crippen LogP contribution in [0.5, 0.6) is 11.5 Å². The molecule has 0 unspecified atom stereocenters. The van der Waals surface area contributed by atoms with E-state index >= 15 is 0 Å². The highest BCUT2D eigenvalue weighted by Crippen LogP contribution is 2.34. The van der Waals surface area contributed by atoms with Crippen LogP contribution in [0.3, 0.4) is 0 Å². The number of nitrogens with one attached hydrogen (secondary N) is 1. The molecule has 0 saturated heterocycles. The molecule has 0 saturated carbocycles. The molecule has 102 valence electrons. The summed E-state index contributed by atoms with van der Waals surface area (Å²) in [6, 6.07) is 10.9. The van der Waals surface area contributed by atoms with Gasteiger partial charge in [-0.3, -0.25) is 4.79 Å². The molecule has 2 aromatic carbocycles. The van der Waals surface area contributed by atoms with Gasteiger partial charge in [-0.25, -0.2) is 0 Å². The van der Waals surface area contributed by atoms with Crippen molar-refractivity contribution >= 4 is 27.5 Å². The molecule has 1 N–H and O–H groups in total. The summed E-state index contributed by atoms with van der Waals surface area (Å²) in [5, 5.41) is 2.86. The van der Waals surface area contributed by atoms with E-state index in [1.807, 2.05) is 19.1 Å². The standard InChI is InChI=1S/C15H12BrNO3/c1-9-11(3-2-4-12(9)16)15(18)17-10-5-6-13-14(7-10)20-8-19-13/h2-7H,8H2,1H3,(H,17,18). The number of hydrogen-bond donors (Lipinski definition) is 1. The summed E-state index contributed by atoms with van der Waals surface area (Å²) >= 11 is 3.42. The number of fused-ring (bicyclic) bond motifs is 1. The Bertz CT molecular complexity index is 685. The fraction of sp³-hybridized carbons (Fsp3) is 0.133. The molecule has 0 fully saturated rings. The maximum Gasteiger partial charge on any atom is 0.255 e. The number of carbonyl (C=O) groups excluding carboxylic acids is 1. The quantitative estimate of drug-likeness (QED) is 0.910. The minimum absolute atomic E-state index is 0.150. The van der Waals surface area contributed by atoms with Gasteiger partial charge in [0.15, 0.2) is 11.5 Å². The first-order valence-electron chi connectivity index (χ1n) is 6.11. The summed E-state index contributed by atoms with van der Waals surface area (Å²) in [6.45, 7) is 2.12. The minimum Gasteiger partial charge on any atom is -0.454 e. The van der Waals surface area contributed by atoms with Gasteiger partial charge in [-0.15, -0.1) is 0 Å². The Morgan fingerprint density at radius 3 is 2.85 bits per heavy atom. The van der Waals surface area contributed by atoms with Crippen molar-refractivity contribution in [2.24, 2.45) is 0 Å². The van der Waals surface area contributed by atoms with Gasteiger partial charge in [-0.05, 0) is 36.8 Å². The lowest BCUT2D eigenvalue weighted by molar-refractivity contribution is 0.102. The Balaban J connectivity index is 1.84. The van der Waals surface area contributed by atoms with Crippen LogP contribution in [-0.2, 0) is 0 Å². The molecule has 3 rings (SSSR count). The molecular formula is C15H12BrNO3.